The monoisotopic (exact) mass is 357 g/mol. The van der Waals surface area contributed by atoms with Crippen LogP contribution >= 0.6 is 22.6 Å². The fourth-order valence-corrected chi connectivity index (χ4v) is 2.22. The molecule has 4 nitrogen and oxygen atoms in total. The molecule has 0 atom stereocenters. The molecule has 2 N–H and O–H groups in total. The van der Waals surface area contributed by atoms with E-state index in [1.165, 1.54) is 0 Å². The van der Waals surface area contributed by atoms with E-state index in [1.807, 2.05) is 31.3 Å². The van der Waals surface area contributed by atoms with Gasteiger partial charge in [0.25, 0.3) is 0 Å². The van der Waals surface area contributed by atoms with Crippen LogP contribution in [0.3, 0.4) is 0 Å². The van der Waals surface area contributed by atoms with E-state index in [0.29, 0.717) is 11.6 Å². The van der Waals surface area contributed by atoms with E-state index in [2.05, 4.69) is 41.5 Å². The number of para-hydroxylation sites is 1. The third-order valence-electron chi connectivity index (χ3n) is 2.65. The summed E-state index contributed by atoms with van der Waals surface area (Å²) in [7, 11) is 1.84. The number of anilines is 1. The molecule has 0 amide bonds. The first kappa shape index (κ1) is 13.2. The molecule has 2 aromatic rings. The van der Waals surface area contributed by atoms with Gasteiger partial charge in [-0.25, -0.2) is 4.68 Å². The summed E-state index contributed by atoms with van der Waals surface area (Å²) in [6.45, 7) is 4.13. The van der Waals surface area contributed by atoms with E-state index >= 15 is 0 Å². The predicted octanol–water partition coefficient (Wildman–Crippen LogP) is 3.52. The summed E-state index contributed by atoms with van der Waals surface area (Å²) in [5, 5.41) is 4.40. The molecule has 0 saturated carbocycles. The van der Waals surface area contributed by atoms with Crippen LogP contribution in [0.5, 0.6) is 11.6 Å². The molecule has 0 spiro atoms. The summed E-state index contributed by atoms with van der Waals surface area (Å²) in [6, 6.07) is 7.82. The van der Waals surface area contributed by atoms with E-state index < -0.39 is 0 Å². The van der Waals surface area contributed by atoms with Crippen molar-refractivity contribution in [3.8, 4) is 11.6 Å². The number of aromatic nitrogens is 2. The summed E-state index contributed by atoms with van der Waals surface area (Å²) < 4.78 is 8.60. The van der Waals surface area contributed by atoms with Gasteiger partial charge in [0.2, 0.25) is 5.88 Å². The Morgan fingerprint density at radius 1 is 1.33 bits per heavy atom. The number of benzene rings is 1. The molecule has 1 heterocycles. The lowest BCUT2D eigenvalue weighted by Gasteiger charge is -2.08. The summed E-state index contributed by atoms with van der Waals surface area (Å²) in [4.78, 5) is 0. The second-order valence-corrected chi connectivity index (χ2v) is 5.58. The highest BCUT2D eigenvalue weighted by Crippen LogP contribution is 2.34. The molecule has 5 heteroatoms. The zero-order chi connectivity index (χ0) is 13.3. The summed E-state index contributed by atoms with van der Waals surface area (Å²) in [5.41, 5.74) is 7.58. The Bertz CT molecular complexity index is 563. The number of hydrogen-bond acceptors (Lipinski definition) is 3. The molecule has 0 aliphatic heterocycles. The lowest BCUT2D eigenvalue weighted by Crippen LogP contribution is -1.98. The zero-order valence-electron chi connectivity index (χ0n) is 10.6. The maximum absolute atomic E-state index is 6.09. The lowest BCUT2D eigenvalue weighted by molar-refractivity contribution is 0.429. The standard InChI is InChI=1S/C13H16IN3O/c1-8(2)12-11(15)13(17(3)16-12)18-10-7-5-4-6-9(10)14/h4-8H,15H2,1-3H3. The average Bonchev–Trinajstić information content (AvgIpc) is 2.60. The number of nitrogens with two attached hydrogens (primary N) is 1. The summed E-state index contributed by atoms with van der Waals surface area (Å²) in [6.07, 6.45) is 0. The van der Waals surface area contributed by atoms with Gasteiger partial charge in [-0.05, 0) is 40.6 Å². The average molecular weight is 357 g/mol. The Kier molecular flexibility index (Phi) is 3.79. The Morgan fingerprint density at radius 3 is 2.56 bits per heavy atom. The minimum absolute atomic E-state index is 0.281. The minimum atomic E-state index is 0.281. The zero-order valence-corrected chi connectivity index (χ0v) is 12.8. The topological polar surface area (TPSA) is 53.1 Å². The first-order chi connectivity index (χ1) is 8.50. The second kappa shape index (κ2) is 5.17. The third-order valence-corrected chi connectivity index (χ3v) is 3.54. The van der Waals surface area contributed by atoms with E-state index in [4.69, 9.17) is 10.5 Å². The predicted molar refractivity (Wildman–Crippen MR) is 80.9 cm³/mol. The van der Waals surface area contributed by atoms with Crippen LogP contribution in [-0.2, 0) is 7.05 Å². The Morgan fingerprint density at radius 2 is 2.00 bits per heavy atom. The van der Waals surface area contributed by atoms with Crippen LogP contribution in [0.25, 0.3) is 0 Å². The highest BCUT2D eigenvalue weighted by Gasteiger charge is 2.18. The quantitative estimate of drug-likeness (QED) is 0.856. The first-order valence-corrected chi connectivity index (χ1v) is 6.83. The molecule has 0 aliphatic rings. The fourth-order valence-electron chi connectivity index (χ4n) is 1.72. The third kappa shape index (κ3) is 2.45. The molecule has 1 aromatic heterocycles. The number of nitrogen functional groups attached to an aromatic ring is 1. The van der Waals surface area contributed by atoms with Crippen molar-refractivity contribution in [3.63, 3.8) is 0 Å². The van der Waals surface area contributed by atoms with E-state index in [1.54, 1.807) is 4.68 Å². The van der Waals surface area contributed by atoms with Crippen LogP contribution in [-0.4, -0.2) is 9.78 Å². The van der Waals surface area contributed by atoms with Gasteiger partial charge in [0.05, 0.1) is 9.26 Å². The lowest BCUT2D eigenvalue weighted by atomic mass is 10.1. The fraction of sp³-hybridized carbons (Fsp3) is 0.308. The van der Waals surface area contributed by atoms with Gasteiger partial charge in [0.1, 0.15) is 11.4 Å². The van der Waals surface area contributed by atoms with E-state index in [9.17, 15) is 0 Å². The van der Waals surface area contributed by atoms with Crippen LogP contribution in [0, 0.1) is 3.57 Å². The van der Waals surface area contributed by atoms with Crippen LogP contribution < -0.4 is 10.5 Å². The van der Waals surface area contributed by atoms with Crippen molar-refractivity contribution < 1.29 is 4.74 Å². The molecular weight excluding hydrogens is 341 g/mol. The van der Waals surface area contributed by atoms with Gasteiger partial charge < -0.3 is 10.5 Å². The molecular formula is C13H16IN3O. The van der Waals surface area contributed by atoms with Crippen LogP contribution in [0.15, 0.2) is 24.3 Å². The van der Waals surface area contributed by atoms with Gasteiger partial charge in [0, 0.05) is 7.05 Å². The van der Waals surface area contributed by atoms with Crippen molar-refractivity contribution in [3.05, 3.63) is 33.5 Å². The van der Waals surface area contributed by atoms with Gasteiger partial charge in [-0.3, -0.25) is 0 Å². The van der Waals surface area contributed by atoms with Crippen molar-refractivity contribution in [2.45, 2.75) is 19.8 Å². The smallest absolute Gasteiger partial charge is 0.241 e. The van der Waals surface area contributed by atoms with Gasteiger partial charge >= 0.3 is 0 Å². The van der Waals surface area contributed by atoms with Crippen molar-refractivity contribution >= 4 is 28.3 Å². The van der Waals surface area contributed by atoms with Gasteiger partial charge in [0.15, 0.2) is 0 Å². The van der Waals surface area contributed by atoms with Crippen molar-refractivity contribution in [1.29, 1.82) is 0 Å². The number of rotatable bonds is 3. The van der Waals surface area contributed by atoms with E-state index in [-0.39, 0.29) is 5.92 Å². The van der Waals surface area contributed by atoms with Crippen LogP contribution in [0.2, 0.25) is 0 Å². The minimum Gasteiger partial charge on any atom is -0.436 e. The number of halogens is 1. The van der Waals surface area contributed by atoms with Crippen LogP contribution in [0.4, 0.5) is 5.69 Å². The summed E-state index contributed by atoms with van der Waals surface area (Å²) >= 11 is 2.24. The van der Waals surface area contributed by atoms with Crippen molar-refractivity contribution in [1.82, 2.24) is 9.78 Å². The van der Waals surface area contributed by atoms with Crippen molar-refractivity contribution in [2.75, 3.05) is 5.73 Å². The molecule has 0 fully saturated rings. The Labute approximate surface area is 120 Å². The second-order valence-electron chi connectivity index (χ2n) is 4.41. The number of aryl methyl sites for hydroxylation is 1. The Balaban J connectivity index is 2.38. The highest BCUT2D eigenvalue weighted by atomic mass is 127. The maximum atomic E-state index is 6.09. The Hall–Kier alpha value is -1.24. The molecule has 18 heavy (non-hydrogen) atoms. The molecule has 0 unspecified atom stereocenters. The SMILES string of the molecule is CC(C)c1nn(C)c(Oc2ccccc2I)c1N. The maximum Gasteiger partial charge on any atom is 0.241 e. The van der Waals surface area contributed by atoms with Gasteiger partial charge in [-0.1, -0.05) is 26.0 Å². The molecule has 96 valence electrons. The molecule has 0 bridgehead atoms. The molecule has 2 rings (SSSR count). The highest BCUT2D eigenvalue weighted by molar-refractivity contribution is 14.1. The largest absolute Gasteiger partial charge is 0.436 e. The number of nitrogens with zero attached hydrogens (tertiary/aromatic N) is 2. The van der Waals surface area contributed by atoms with E-state index in [0.717, 1.165) is 15.0 Å². The number of ether oxygens (including phenoxy) is 1. The molecule has 0 radical (unpaired) electrons. The van der Waals surface area contributed by atoms with Gasteiger partial charge in [-0.2, -0.15) is 5.10 Å². The van der Waals surface area contributed by atoms with Crippen LogP contribution in [0.1, 0.15) is 25.5 Å². The molecule has 0 saturated heterocycles. The van der Waals surface area contributed by atoms with Crippen molar-refractivity contribution in [2.24, 2.45) is 7.05 Å². The number of hydrogen-bond donors (Lipinski definition) is 1. The molecule has 1 aromatic carbocycles. The first-order valence-electron chi connectivity index (χ1n) is 5.75. The summed E-state index contributed by atoms with van der Waals surface area (Å²) in [5.74, 6) is 1.68. The molecule has 0 aliphatic carbocycles. The van der Waals surface area contributed by atoms with Gasteiger partial charge in [-0.15, -0.1) is 0 Å². The normalized spacial score (nSPS) is 10.9.